The summed E-state index contributed by atoms with van der Waals surface area (Å²) < 4.78 is 6.13. The van der Waals surface area contributed by atoms with Gasteiger partial charge in [0.15, 0.2) is 0 Å². The molecule has 3 aromatic carbocycles. The standard InChI is InChI=1S/C22H24ClNO2/c23-19-10-7-17(8-11-19)16-26-22-12-9-18-5-1-2-6-20(18)21(22)15-24-13-3-4-14-25/h1-2,5-12,24-25H,3-4,13-16H2. The number of rotatable bonds is 9. The van der Waals surface area contributed by atoms with Gasteiger partial charge in [-0.3, -0.25) is 0 Å². The van der Waals surface area contributed by atoms with Crippen LogP contribution in [0, 0.1) is 0 Å². The number of hydrogen-bond acceptors (Lipinski definition) is 3. The topological polar surface area (TPSA) is 41.5 Å². The minimum atomic E-state index is 0.241. The highest BCUT2D eigenvalue weighted by molar-refractivity contribution is 6.30. The van der Waals surface area contributed by atoms with Crippen molar-refractivity contribution in [2.75, 3.05) is 13.2 Å². The van der Waals surface area contributed by atoms with Crippen LogP contribution in [0.15, 0.2) is 60.7 Å². The molecule has 0 spiro atoms. The van der Waals surface area contributed by atoms with Crippen LogP contribution >= 0.6 is 11.6 Å². The summed E-state index contributed by atoms with van der Waals surface area (Å²) >= 11 is 5.95. The van der Waals surface area contributed by atoms with Gasteiger partial charge < -0.3 is 15.2 Å². The second-order valence-corrected chi connectivity index (χ2v) is 6.72. The van der Waals surface area contributed by atoms with Crippen molar-refractivity contribution in [1.82, 2.24) is 5.32 Å². The van der Waals surface area contributed by atoms with E-state index in [1.165, 1.54) is 16.3 Å². The lowest BCUT2D eigenvalue weighted by Gasteiger charge is -2.15. The van der Waals surface area contributed by atoms with Gasteiger partial charge in [-0.05, 0) is 53.9 Å². The molecular formula is C22H24ClNO2. The average molecular weight is 370 g/mol. The predicted octanol–water partition coefficient (Wildman–Crippen LogP) is 4.93. The highest BCUT2D eigenvalue weighted by Crippen LogP contribution is 2.29. The molecule has 0 heterocycles. The molecule has 2 N–H and O–H groups in total. The van der Waals surface area contributed by atoms with E-state index in [4.69, 9.17) is 21.4 Å². The van der Waals surface area contributed by atoms with E-state index in [-0.39, 0.29) is 6.61 Å². The number of halogens is 1. The van der Waals surface area contributed by atoms with E-state index in [1.807, 2.05) is 30.3 Å². The second kappa shape index (κ2) is 9.58. The van der Waals surface area contributed by atoms with Crippen LogP contribution in [0.4, 0.5) is 0 Å². The highest BCUT2D eigenvalue weighted by atomic mass is 35.5. The SMILES string of the molecule is OCCCCNCc1c(OCc2ccc(Cl)cc2)ccc2ccccc12. The van der Waals surface area contributed by atoms with Crippen LogP contribution in [-0.2, 0) is 13.2 Å². The van der Waals surface area contributed by atoms with Crippen molar-refractivity contribution in [2.24, 2.45) is 0 Å². The summed E-state index contributed by atoms with van der Waals surface area (Å²) in [5.41, 5.74) is 2.26. The molecule has 0 unspecified atom stereocenters. The van der Waals surface area contributed by atoms with Crippen molar-refractivity contribution in [1.29, 1.82) is 0 Å². The van der Waals surface area contributed by atoms with Crippen molar-refractivity contribution in [3.8, 4) is 5.75 Å². The van der Waals surface area contributed by atoms with E-state index >= 15 is 0 Å². The van der Waals surface area contributed by atoms with Gasteiger partial charge in [0, 0.05) is 23.7 Å². The van der Waals surface area contributed by atoms with Gasteiger partial charge in [-0.2, -0.15) is 0 Å². The molecule has 0 saturated carbocycles. The third kappa shape index (κ3) is 4.98. The minimum Gasteiger partial charge on any atom is -0.489 e. The van der Waals surface area contributed by atoms with Crippen LogP contribution in [0.5, 0.6) is 5.75 Å². The zero-order valence-electron chi connectivity index (χ0n) is 14.7. The summed E-state index contributed by atoms with van der Waals surface area (Å²) in [6.07, 6.45) is 1.78. The first-order valence-corrected chi connectivity index (χ1v) is 9.35. The maximum Gasteiger partial charge on any atom is 0.124 e. The summed E-state index contributed by atoms with van der Waals surface area (Å²) in [7, 11) is 0. The van der Waals surface area contributed by atoms with E-state index in [9.17, 15) is 0 Å². The van der Waals surface area contributed by atoms with E-state index < -0.39 is 0 Å². The zero-order valence-corrected chi connectivity index (χ0v) is 15.5. The third-order valence-electron chi connectivity index (χ3n) is 4.37. The van der Waals surface area contributed by atoms with Gasteiger partial charge in [-0.1, -0.05) is 54.1 Å². The largest absolute Gasteiger partial charge is 0.489 e. The monoisotopic (exact) mass is 369 g/mol. The Kier molecular flexibility index (Phi) is 6.89. The minimum absolute atomic E-state index is 0.241. The molecule has 0 radical (unpaired) electrons. The van der Waals surface area contributed by atoms with Gasteiger partial charge in [0.2, 0.25) is 0 Å². The lowest BCUT2D eigenvalue weighted by Crippen LogP contribution is -2.16. The molecule has 0 fully saturated rings. The van der Waals surface area contributed by atoms with Crippen LogP contribution in [0.3, 0.4) is 0 Å². The lowest BCUT2D eigenvalue weighted by molar-refractivity contribution is 0.283. The number of hydrogen-bond donors (Lipinski definition) is 2. The van der Waals surface area contributed by atoms with E-state index in [0.717, 1.165) is 42.3 Å². The summed E-state index contributed by atoms with van der Waals surface area (Å²) in [5.74, 6) is 0.897. The molecule has 136 valence electrons. The molecule has 0 aliphatic rings. The number of fused-ring (bicyclic) bond motifs is 1. The number of aliphatic hydroxyl groups excluding tert-OH is 1. The van der Waals surface area contributed by atoms with Crippen LogP contribution in [0.25, 0.3) is 10.8 Å². The molecule has 0 saturated heterocycles. The number of aliphatic hydroxyl groups is 1. The summed E-state index contributed by atoms with van der Waals surface area (Å²) in [4.78, 5) is 0. The number of ether oxygens (including phenoxy) is 1. The van der Waals surface area contributed by atoms with Crippen molar-refractivity contribution in [3.05, 3.63) is 76.8 Å². The normalized spacial score (nSPS) is 11.0. The fraction of sp³-hybridized carbons (Fsp3) is 0.273. The molecule has 0 aliphatic carbocycles. The van der Waals surface area contributed by atoms with Crippen molar-refractivity contribution in [2.45, 2.75) is 26.0 Å². The van der Waals surface area contributed by atoms with Crippen molar-refractivity contribution >= 4 is 22.4 Å². The summed E-state index contributed by atoms with van der Waals surface area (Å²) in [6, 6.07) is 20.2. The first kappa shape index (κ1) is 18.7. The predicted molar refractivity (Wildman–Crippen MR) is 108 cm³/mol. The fourth-order valence-electron chi connectivity index (χ4n) is 2.95. The van der Waals surface area contributed by atoms with Gasteiger partial charge in [0.25, 0.3) is 0 Å². The van der Waals surface area contributed by atoms with Gasteiger partial charge in [-0.25, -0.2) is 0 Å². The van der Waals surface area contributed by atoms with Crippen LogP contribution in [0.2, 0.25) is 5.02 Å². The Balaban J connectivity index is 1.76. The van der Waals surface area contributed by atoms with E-state index in [1.54, 1.807) is 0 Å². The lowest BCUT2D eigenvalue weighted by atomic mass is 10.0. The maximum atomic E-state index is 8.91. The van der Waals surface area contributed by atoms with Crippen LogP contribution in [-0.4, -0.2) is 18.3 Å². The molecule has 3 rings (SSSR count). The average Bonchev–Trinajstić information content (AvgIpc) is 2.68. The Bertz CT molecular complexity index is 833. The Morgan fingerprint density at radius 1 is 0.923 bits per heavy atom. The highest BCUT2D eigenvalue weighted by Gasteiger charge is 2.09. The van der Waals surface area contributed by atoms with Crippen LogP contribution < -0.4 is 10.1 Å². The maximum absolute atomic E-state index is 8.91. The molecule has 26 heavy (non-hydrogen) atoms. The molecule has 3 aromatic rings. The number of unbranched alkanes of at least 4 members (excludes halogenated alkanes) is 1. The smallest absolute Gasteiger partial charge is 0.124 e. The molecule has 0 atom stereocenters. The Morgan fingerprint density at radius 3 is 2.54 bits per heavy atom. The molecule has 3 nitrogen and oxygen atoms in total. The molecule has 0 aliphatic heterocycles. The molecular weight excluding hydrogens is 346 g/mol. The van der Waals surface area contributed by atoms with Crippen LogP contribution in [0.1, 0.15) is 24.0 Å². The summed E-state index contributed by atoms with van der Waals surface area (Å²) in [5, 5.41) is 15.5. The first-order valence-electron chi connectivity index (χ1n) is 8.97. The molecule has 0 bridgehead atoms. The van der Waals surface area contributed by atoms with E-state index in [0.29, 0.717) is 6.61 Å². The molecule has 4 heteroatoms. The molecule has 0 aromatic heterocycles. The Labute approximate surface area is 159 Å². The number of nitrogens with one attached hydrogen (secondary N) is 1. The zero-order chi connectivity index (χ0) is 18.2. The Hall–Kier alpha value is -2.07. The first-order chi connectivity index (χ1) is 12.8. The quantitative estimate of drug-likeness (QED) is 0.525. The second-order valence-electron chi connectivity index (χ2n) is 6.29. The van der Waals surface area contributed by atoms with Gasteiger partial charge >= 0.3 is 0 Å². The van der Waals surface area contributed by atoms with Gasteiger partial charge in [-0.15, -0.1) is 0 Å². The molecule has 0 amide bonds. The van der Waals surface area contributed by atoms with Gasteiger partial charge in [0.1, 0.15) is 12.4 Å². The van der Waals surface area contributed by atoms with Gasteiger partial charge in [0.05, 0.1) is 0 Å². The third-order valence-corrected chi connectivity index (χ3v) is 4.62. The summed E-state index contributed by atoms with van der Waals surface area (Å²) in [6.45, 7) is 2.36. The van der Waals surface area contributed by atoms with Crippen molar-refractivity contribution < 1.29 is 9.84 Å². The fourth-order valence-corrected chi connectivity index (χ4v) is 3.08. The number of benzene rings is 3. The van der Waals surface area contributed by atoms with E-state index in [2.05, 4.69) is 35.6 Å². The Morgan fingerprint density at radius 2 is 1.73 bits per heavy atom. The van der Waals surface area contributed by atoms with Crippen molar-refractivity contribution in [3.63, 3.8) is 0 Å².